The highest BCUT2D eigenvalue weighted by Gasteiger charge is 2.20. The van der Waals surface area contributed by atoms with Gasteiger partial charge in [-0.25, -0.2) is 4.79 Å². The normalized spacial score (nSPS) is 19.9. The minimum atomic E-state index is -0.275. The van der Waals surface area contributed by atoms with Crippen molar-refractivity contribution in [2.45, 2.75) is 18.9 Å². The molecule has 0 saturated carbocycles. The van der Waals surface area contributed by atoms with Crippen LogP contribution in [-0.2, 0) is 0 Å². The molecule has 0 aliphatic carbocycles. The monoisotopic (exact) mass is 293 g/mol. The Morgan fingerprint density at radius 3 is 3.06 bits per heavy atom. The van der Waals surface area contributed by atoms with E-state index < -0.39 is 0 Å². The molecule has 1 saturated heterocycles. The van der Waals surface area contributed by atoms with Gasteiger partial charge in [-0.2, -0.15) is 4.98 Å². The fraction of sp³-hybridized carbons (Fsp3) is 0.333. The largest absolute Gasteiger partial charge is 0.345 e. The standard InChI is InChI=1S/C12H12BrN3O/c13-7-3-4-9-8(6-7)11(16-12(17)15-9)10-2-1-5-14-10/h3-4,6,10,14H,1-2,5H2,(H,15,16,17). The van der Waals surface area contributed by atoms with Crippen LogP contribution in [0.25, 0.3) is 10.9 Å². The van der Waals surface area contributed by atoms with Gasteiger partial charge in [0, 0.05) is 21.6 Å². The van der Waals surface area contributed by atoms with E-state index >= 15 is 0 Å². The molecule has 3 rings (SSSR count). The molecule has 1 aliphatic heterocycles. The Kier molecular flexibility index (Phi) is 2.72. The maximum absolute atomic E-state index is 11.5. The summed E-state index contributed by atoms with van der Waals surface area (Å²) in [6.07, 6.45) is 2.20. The van der Waals surface area contributed by atoms with E-state index in [1.807, 2.05) is 18.2 Å². The predicted octanol–water partition coefficient (Wildman–Crippen LogP) is 2.11. The van der Waals surface area contributed by atoms with Crippen molar-refractivity contribution < 1.29 is 0 Å². The number of nitrogens with zero attached hydrogens (tertiary/aromatic N) is 1. The van der Waals surface area contributed by atoms with Crippen molar-refractivity contribution in [1.82, 2.24) is 15.3 Å². The Morgan fingerprint density at radius 2 is 2.29 bits per heavy atom. The minimum Gasteiger partial charge on any atom is -0.309 e. The second-order valence-electron chi connectivity index (χ2n) is 4.27. The number of benzene rings is 1. The third-order valence-electron chi connectivity index (χ3n) is 3.12. The Balaban J connectivity index is 2.27. The van der Waals surface area contributed by atoms with E-state index in [0.717, 1.165) is 40.5 Å². The third-order valence-corrected chi connectivity index (χ3v) is 3.61. The number of aromatic amines is 1. The molecule has 88 valence electrons. The Labute approximate surface area is 107 Å². The van der Waals surface area contributed by atoms with Crippen molar-refractivity contribution in [1.29, 1.82) is 0 Å². The topological polar surface area (TPSA) is 57.8 Å². The summed E-state index contributed by atoms with van der Waals surface area (Å²) in [5.74, 6) is 0. The van der Waals surface area contributed by atoms with Crippen molar-refractivity contribution in [3.05, 3.63) is 38.9 Å². The van der Waals surface area contributed by atoms with Gasteiger partial charge in [-0.15, -0.1) is 0 Å². The molecule has 17 heavy (non-hydrogen) atoms. The van der Waals surface area contributed by atoms with Gasteiger partial charge in [0.2, 0.25) is 0 Å². The molecule has 5 heteroatoms. The van der Waals surface area contributed by atoms with Crippen molar-refractivity contribution in [3.63, 3.8) is 0 Å². The highest BCUT2D eigenvalue weighted by Crippen LogP contribution is 2.27. The van der Waals surface area contributed by atoms with Crippen LogP contribution in [0, 0.1) is 0 Å². The van der Waals surface area contributed by atoms with Gasteiger partial charge in [0.25, 0.3) is 0 Å². The smallest absolute Gasteiger partial charge is 0.309 e. The highest BCUT2D eigenvalue weighted by molar-refractivity contribution is 9.10. The van der Waals surface area contributed by atoms with Crippen LogP contribution in [0.1, 0.15) is 24.6 Å². The summed E-state index contributed by atoms with van der Waals surface area (Å²) in [4.78, 5) is 18.4. The zero-order valence-corrected chi connectivity index (χ0v) is 10.8. The van der Waals surface area contributed by atoms with E-state index in [4.69, 9.17) is 0 Å². The van der Waals surface area contributed by atoms with E-state index in [1.165, 1.54) is 0 Å². The molecule has 2 N–H and O–H groups in total. The zero-order chi connectivity index (χ0) is 11.8. The van der Waals surface area contributed by atoms with Crippen molar-refractivity contribution in [2.75, 3.05) is 6.54 Å². The number of nitrogens with one attached hydrogen (secondary N) is 2. The third kappa shape index (κ3) is 2.00. The van der Waals surface area contributed by atoms with Crippen molar-refractivity contribution >= 4 is 26.8 Å². The lowest BCUT2D eigenvalue weighted by Crippen LogP contribution is -2.20. The Hall–Kier alpha value is -1.20. The first-order chi connectivity index (χ1) is 8.24. The second-order valence-corrected chi connectivity index (χ2v) is 5.18. The Bertz CT molecular complexity index is 617. The molecular weight excluding hydrogens is 282 g/mol. The molecule has 1 aliphatic rings. The number of rotatable bonds is 1. The predicted molar refractivity (Wildman–Crippen MR) is 70.0 cm³/mol. The molecule has 1 unspecified atom stereocenters. The first kappa shape index (κ1) is 10.9. The first-order valence-corrected chi connectivity index (χ1v) is 6.46. The maximum atomic E-state index is 11.5. The van der Waals surface area contributed by atoms with Crippen LogP contribution in [0.2, 0.25) is 0 Å². The summed E-state index contributed by atoms with van der Waals surface area (Å²) < 4.78 is 0.998. The van der Waals surface area contributed by atoms with Crippen LogP contribution in [0.4, 0.5) is 0 Å². The molecule has 0 spiro atoms. The van der Waals surface area contributed by atoms with E-state index in [0.29, 0.717) is 0 Å². The molecule has 1 atom stereocenters. The number of fused-ring (bicyclic) bond motifs is 1. The summed E-state index contributed by atoms with van der Waals surface area (Å²) in [6.45, 7) is 1.00. The summed E-state index contributed by atoms with van der Waals surface area (Å²) in [7, 11) is 0. The lowest BCUT2D eigenvalue weighted by molar-refractivity contribution is 0.629. The highest BCUT2D eigenvalue weighted by atomic mass is 79.9. The van der Waals surface area contributed by atoms with Crippen LogP contribution >= 0.6 is 15.9 Å². The SMILES string of the molecule is O=c1nc2ccc(Br)cc2c(C2CCCN2)[nH]1. The minimum absolute atomic E-state index is 0.238. The molecule has 2 aromatic rings. The quantitative estimate of drug-likeness (QED) is 0.847. The molecular formula is C12H12BrN3O. The van der Waals surface area contributed by atoms with E-state index in [1.54, 1.807) is 0 Å². The average molecular weight is 294 g/mol. The van der Waals surface area contributed by atoms with Gasteiger partial charge < -0.3 is 10.3 Å². The molecule has 1 aromatic heterocycles. The van der Waals surface area contributed by atoms with Gasteiger partial charge >= 0.3 is 5.69 Å². The summed E-state index contributed by atoms with van der Waals surface area (Å²) in [5, 5.41) is 4.41. The van der Waals surface area contributed by atoms with Gasteiger partial charge in [-0.1, -0.05) is 15.9 Å². The summed E-state index contributed by atoms with van der Waals surface area (Å²) in [5.41, 5.74) is 1.43. The maximum Gasteiger partial charge on any atom is 0.345 e. The molecule has 1 fully saturated rings. The van der Waals surface area contributed by atoms with E-state index in [-0.39, 0.29) is 11.7 Å². The molecule has 1 aromatic carbocycles. The van der Waals surface area contributed by atoms with Gasteiger partial charge in [-0.3, -0.25) is 0 Å². The fourth-order valence-electron chi connectivity index (χ4n) is 2.35. The van der Waals surface area contributed by atoms with Gasteiger partial charge in [-0.05, 0) is 37.6 Å². The molecule has 0 amide bonds. The number of aromatic nitrogens is 2. The van der Waals surface area contributed by atoms with Crippen LogP contribution < -0.4 is 11.0 Å². The average Bonchev–Trinajstić information content (AvgIpc) is 2.82. The number of hydrogen-bond acceptors (Lipinski definition) is 3. The van der Waals surface area contributed by atoms with Crippen LogP contribution in [0.5, 0.6) is 0 Å². The number of hydrogen-bond donors (Lipinski definition) is 2. The summed E-state index contributed by atoms with van der Waals surface area (Å²) in [6, 6.07) is 6.02. The first-order valence-electron chi connectivity index (χ1n) is 5.67. The molecule has 0 radical (unpaired) electrons. The van der Waals surface area contributed by atoms with E-state index in [9.17, 15) is 4.79 Å². The number of halogens is 1. The molecule has 0 bridgehead atoms. The van der Waals surface area contributed by atoms with Crippen LogP contribution in [0.3, 0.4) is 0 Å². The number of H-pyrrole nitrogens is 1. The van der Waals surface area contributed by atoms with Crippen LogP contribution in [0.15, 0.2) is 27.5 Å². The fourth-order valence-corrected chi connectivity index (χ4v) is 2.71. The summed E-state index contributed by atoms with van der Waals surface area (Å²) >= 11 is 3.45. The Morgan fingerprint density at radius 1 is 1.41 bits per heavy atom. The van der Waals surface area contributed by atoms with Crippen LogP contribution in [-0.4, -0.2) is 16.5 Å². The van der Waals surface area contributed by atoms with Crippen molar-refractivity contribution in [3.8, 4) is 0 Å². The molecule has 4 nitrogen and oxygen atoms in total. The zero-order valence-electron chi connectivity index (χ0n) is 9.16. The molecule has 2 heterocycles. The lowest BCUT2D eigenvalue weighted by atomic mass is 10.1. The van der Waals surface area contributed by atoms with Gasteiger partial charge in [0.05, 0.1) is 5.52 Å². The van der Waals surface area contributed by atoms with Gasteiger partial charge in [0.1, 0.15) is 0 Å². The second kappa shape index (κ2) is 4.23. The van der Waals surface area contributed by atoms with Crippen molar-refractivity contribution in [2.24, 2.45) is 0 Å². The lowest BCUT2D eigenvalue weighted by Gasteiger charge is -2.12. The van der Waals surface area contributed by atoms with E-state index in [2.05, 4.69) is 31.2 Å². The van der Waals surface area contributed by atoms with Gasteiger partial charge in [0.15, 0.2) is 0 Å².